The molecule has 4 rings (SSSR count). The molecule has 2 heterocycles. The van der Waals surface area contributed by atoms with Gasteiger partial charge in [-0.25, -0.2) is 4.68 Å². The number of methoxy groups -OCH3 is 1. The average molecular weight is 551 g/mol. The molecule has 204 valence electrons. The fourth-order valence-electron chi connectivity index (χ4n) is 4.12. The molecule has 3 amide bonds. The molecule has 3 aromatic rings. The van der Waals surface area contributed by atoms with Gasteiger partial charge in [-0.05, 0) is 54.9 Å². The lowest BCUT2D eigenvalue weighted by Gasteiger charge is -2.14. The summed E-state index contributed by atoms with van der Waals surface area (Å²) in [5.41, 5.74) is 0.565. The molecular weight excluding hydrogens is 520 g/mol. The van der Waals surface area contributed by atoms with Crippen LogP contribution in [-0.4, -0.2) is 58.5 Å². The molecule has 39 heavy (non-hydrogen) atoms. The van der Waals surface area contributed by atoms with Crippen molar-refractivity contribution in [1.82, 2.24) is 20.0 Å². The lowest BCUT2D eigenvalue weighted by atomic mass is 10.1. The summed E-state index contributed by atoms with van der Waals surface area (Å²) in [5.74, 6) is 0.183. The zero-order valence-corrected chi connectivity index (χ0v) is 22.9. The smallest absolute Gasteiger partial charge is 0.293 e. The van der Waals surface area contributed by atoms with Crippen molar-refractivity contribution in [2.45, 2.75) is 33.2 Å². The molecule has 2 aromatic carbocycles. The van der Waals surface area contributed by atoms with Crippen molar-refractivity contribution in [2.75, 3.05) is 26.8 Å². The molecule has 1 saturated heterocycles. The molecule has 0 spiro atoms. The lowest BCUT2D eigenvalue weighted by Crippen LogP contribution is -2.38. The van der Waals surface area contributed by atoms with Crippen LogP contribution in [0.5, 0.6) is 11.5 Å². The third kappa shape index (κ3) is 6.14. The van der Waals surface area contributed by atoms with Gasteiger partial charge in [0, 0.05) is 25.0 Å². The molecule has 1 aromatic heterocycles. The number of aryl methyl sites for hydroxylation is 1. The summed E-state index contributed by atoms with van der Waals surface area (Å²) in [6.07, 6.45) is 3.25. The standard InChI is InChI=1S/C28H30N4O6S/c1-4-6-14-32-26(34)20-10-8-7-9-19(20)24(30-32)25(33)29-13-15-31-27(35)23(39-28(31)36)17-18-11-12-21(38-5-2)22(16-18)37-3/h7-12,16-17H,4-6,13-15H2,1-3H3,(H,29,33)/b23-17-. The van der Waals surface area contributed by atoms with Crippen LogP contribution in [0.3, 0.4) is 0 Å². The summed E-state index contributed by atoms with van der Waals surface area (Å²) in [6.45, 7) is 4.80. The number of ether oxygens (including phenoxy) is 2. The van der Waals surface area contributed by atoms with Crippen molar-refractivity contribution in [3.8, 4) is 11.5 Å². The second kappa shape index (κ2) is 12.6. The molecule has 0 radical (unpaired) electrons. The van der Waals surface area contributed by atoms with Gasteiger partial charge in [-0.15, -0.1) is 0 Å². The number of amides is 3. The van der Waals surface area contributed by atoms with Gasteiger partial charge in [0.2, 0.25) is 0 Å². The second-order valence-electron chi connectivity index (χ2n) is 8.71. The number of thioether (sulfide) groups is 1. The van der Waals surface area contributed by atoms with Gasteiger partial charge in [0.25, 0.3) is 22.6 Å². The van der Waals surface area contributed by atoms with E-state index in [0.29, 0.717) is 41.0 Å². The predicted molar refractivity (Wildman–Crippen MR) is 150 cm³/mol. The SMILES string of the molecule is CCCCn1nc(C(=O)NCCN2C(=O)S/C(=C\c3ccc(OCC)c(OC)c3)C2=O)c2ccccc2c1=O. The number of imide groups is 1. The van der Waals surface area contributed by atoms with Crippen molar-refractivity contribution in [3.05, 3.63) is 69.0 Å². The van der Waals surface area contributed by atoms with E-state index in [1.54, 1.807) is 48.5 Å². The first-order valence-electron chi connectivity index (χ1n) is 12.7. The molecular formula is C28H30N4O6S. The number of nitrogens with one attached hydrogen (secondary N) is 1. The maximum Gasteiger partial charge on any atom is 0.293 e. The van der Waals surface area contributed by atoms with Gasteiger partial charge >= 0.3 is 0 Å². The predicted octanol–water partition coefficient (Wildman–Crippen LogP) is 4.07. The van der Waals surface area contributed by atoms with Gasteiger partial charge in [-0.3, -0.25) is 24.1 Å². The lowest BCUT2D eigenvalue weighted by molar-refractivity contribution is -0.122. The van der Waals surface area contributed by atoms with Crippen LogP contribution in [0.1, 0.15) is 42.7 Å². The normalized spacial score (nSPS) is 14.3. The number of hydrogen-bond acceptors (Lipinski definition) is 8. The number of carbonyl (C=O) groups excluding carboxylic acids is 3. The van der Waals surface area contributed by atoms with Crippen LogP contribution in [0.15, 0.2) is 52.2 Å². The van der Waals surface area contributed by atoms with E-state index in [2.05, 4.69) is 10.4 Å². The quantitative estimate of drug-likeness (QED) is 0.355. The summed E-state index contributed by atoms with van der Waals surface area (Å²) in [7, 11) is 1.53. The molecule has 11 heteroatoms. The third-order valence-corrected chi connectivity index (χ3v) is 6.99. The molecule has 1 N–H and O–H groups in total. The minimum Gasteiger partial charge on any atom is -0.493 e. The van der Waals surface area contributed by atoms with Gasteiger partial charge < -0.3 is 14.8 Å². The van der Waals surface area contributed by atoms with E-state index in [1.165, 1.54) is 11.8 Å². The Morgan fingerprint density at radius 3 is 2.54 bits per heavy atom. The van der Waals surface area contributed by atoms with Crippen molar-refractivity contribution < 1.29 is 23.9 Å². The molecule has 1 aliphatic heterocycles. The number of nitrogens with zero attached hydrogens (tertiary/aromatic N) is 3. The molecule has 0 saturated carbocycles. The first-order valence-corrected chi connectivity index (χ1v) is 13.5. The zero-order valence-electron chi connectivity index (χ0n) is 22.1. The third-order valence-electron chi connectivity index (χ3n) is 6.09. The molecule has 1 fully saturated rings. The largest absolute Gasteiger partial charge is 0.493 e. The molecule has 0 bridgehead atoms. The summed E-state index contributed by atoms with van der Waals surface area (Å²) in [6, 6.07) is 12.1. The molecule has 10 nitrogen and oxygen atoms in total. The highest BCUT2D eigenvalue weighted by molar-refractivity contribution is 8.18. The maximum absolute atomic E-state index is 13.1. The number of aromatic nitrogens is 2. The van der Waals surface area contributed by atoms with E-state index in [9.17, 15) is 19.2 Å². The van der Waals surface area contributed by atoms with Crippen LogP contribution in [0.25, 0.3) is 16.8 Å². The Morgan fingerprint density at radius 2 is 1.82 bits per heavy atom. The van der Waals surface area contributed by atoms with Crippen LogP contribution in [0.2, 0.25) is 0 Å². The Hall–Kier alpha value is -4.12. The first-order chi connectivity index (χ1) is 18.9. The van der Waals surface area contributed by atoms with E-state index in [-0.39, 0.29) is 29.2 Å². The van der Waals surface area contributed by atoms with E-state index >= 15 is 0 Å². The van der Waals surface area contributed by atoms with Gasteiger partial charge in [0.15, 0.2) is 17.2 Å². The van der Waals surface area contributed by atoms with Gasteiger partial charge in [0.1, 0.15) is 0 Å². The number of rotatable bonds is 11. The molecule has 1 aliphatic rings. The minimum atomic E-state index is -0.486. The van der Waals surface area contributed by atoms with Crippen LogP contribution >= 0.6 is 11.8 Å². The Labute approximate surface area is 230 Å². The second-order valence-corrected chi connectivity index (χ2v) is 9.70. The summed E-state index contributed by atoms with van der Waals surface area (Å²) < 4.78 is 12.2. The highest BCUT2D eigenvalue weighted by Crippen LogP contribution is 2.34. The summed E-state index contributed by atoms with van der Waals surface area (Å²) >= 11 is 0.836. The Kier molecular flexibility index (Phi) is 9.03. The fourth-order valence-corrected chi connectivity index (χ4v) is 4.99. The number of fused-ring (bicyclic) bond motifs is 1. The number of unbranched alkanes of at least 4 members (excludes halogenated alkanes) is 1. The average Bonchev–Trinajstić information content (AvgIpc) is 3.20. The maximum atomic E-state index is 13.1. The molecule has 0 unspecified atom stereocenters. The van der Waals surface area contributed by atoms with Crippen molar-refractivity contribution in [3.63, 3.8) is 0 Å². The zero-order chi connectivity index (χ0) is 27.9. The van der Waals surface area contributed by atoms with Crippen LogP contribution in [0.4, 0.5) is 4.79 Å². The number of carbonyl (C=O) groups is 3. The van der Waals surface area contributed by atoms with Crippen LogP contribution < -0.4 is 20.3 Å². The van der Waals surface area contributed by atoms with E-state index < -0.39 is 17.1 Å². The summed E-state index contributed by atoms with van der Waals surface area (Å²) in [4.78, 5) is 52.7. The summed E-state index contributed by atoms with van der Waals surface area (Å²) in [5, 5.41) is 7.50. The Balaban J connectivity index is 1.45. The molecule has 0 atom stereocenters. The Bertz CT molecular complexity index is 1500. The van der Waals surface area contributed by atoms with E-state index in [4.69, 9.17) is 9.47 Å². The van der Waals surface area contributed by atoms with Crippen molar-refractivity contribution >= 4 is 45.7 Å². The number of benzene rings is 2. The van der Waals surface area contributed by atoms with Crippen molar-refractivity contribution in [1.29, 1.82) is 0 Å². The molecule has 0 aliphatic carbocycles. The highest BCUT2D eigenvalue weighted by Gasteiger charge is 2.34. The minimum absolute atomic E-state index is 0.00620. The van der Waals surface area contributed by atoms with Crippen LogP contribution in [0, 0.1) is 0 Å². The topological polar surface area (TPSA) is 120 Å². The fraction of sp³-hybridized carbons (Fsp3) is 0.321. The van der Waals surface area contributed by atoms with E-state index in [0.717, 1.165) is 29.5 Å². The Morgan fingerprint density at radius 1 is 1.05 bits per heavy atom. The highest BCUT2D eigenvalue weighted by atomic mass is 32.2. The number of hydrogen-bond donors (Lipinski definition) is 1. The van der Waals surface area contributed by atoms with Crippen LogP contribution in [-0.2, 0) is 11.3 Å². The van der Waals surface area contributed by atoms with Gasteiger partial charge in [-0.2, -0.15) is 5.10 Å². The van der Waals surface area contributed by atoms with Gasteiger partial charge in [-0.1, -0.05) is 37.6 Å². The van der Waals surface area contributed by atoms with Gasteiger partial charge in [0.05, 0.1) is 24.0 Å². The monoisotopic (exact) mass is 550 g/mol. The first kappa shape index (κ1) is 27.9. The van der Waals surface area contributed by atoms with E-state index in [1.807, 2.05) is 13.8 Å². The van der Waals surface area contributed by atoms with Crippen molar-refractivity contribution in [2.24, 2.45) is 0 Å².